The first-order valence-electron chi connectivity index (χ1n) is 14.0. The molecule has 1 N–H and O–H groups in total. The third-order valence-corrected chi connectivity index (χ3v) is 8.13. The summed E-state index contributed by atoms with van der Waals surface area (Å²) in [5.74, 6) is 1.53. The maximum atomic E-state index is 13.8. The van der Waals surface area contributed by atoms with Gasteiger partial charge in [0, 0.05) is 30.8 Å². The second-order valence-electron chi connectivity index (χ2n) is 10.9. The van der Waals surface area contributed by atoms with Crippen LogP contribution in [0.5, 0.6) is 5.75 Å². The normalized spacial score (nSPS) is 18.8. The molecule has 9 heteroatoms. The van der Waals surface area contributed by atoms with E-state index in [2.05, 4.69) is 50.5 Å². The summed E-state index contributed by atoms with van der Waals surface area (Å²) in [5, 5.41) is 14.2. The van der Waals surface area contributed by atoms with Crippen LogP contribution >= 0.6 is 0 Å². The lowest BCUT2D eigenvalue weighted by Crippen LogP contribution is -2.39. The lowest BCUT2D eigenvalue weighted by atomic mass is 10.0. The average molecular weight is 529 g/mol. The number of H-pyrrole nitrogens is 1. The van der Waals surface area contributed by atoms with Crippen LogP contribution in [0.3, 0.4) is 0 Å². The largest absolute Gasteiger partial charge is 0.497 e. The first-order chi connectivity index (χ1) is 19.1. The van der Waals surface area contributed by atoms with Gasteiger partial charge in [0.05, 0.1) is 19.3 Å². The quantitative estimate of drug-likeness (QED) is 0.336. The van der Waals surface area contributed by atoms with Crippen molar-refractivity contribution in [2.45, 2.75) is 70.2 Å². The van der Waals surface area contributed by atoms with Crippen molar-refractivity contribution in [3.05, 3.63) is 81.4 Å². The number of nitrogens with one attached hydrogen (secondary N) is 1. The van der Waals surface area contributed by atoms with Gasteiger partial charge in [-0.15, -0.1) is 5.10 Å². The van der Waals surface area contributed by atoms with E-state index in [0.717, 1.165) is 72.9 Å². The molecule has 0 amide bonds. The molecule has 2 aromatic carbocycles. The number of aromatic amines is 1. The summed E-state index contributed by atoms with van der Waals surface area (Å²) in [6.07, 6.45) is 6.54. The lowest BCUT2D eigenvalue weighted by molar-refractivity contribution is 0.0569. The highest BCUT2D eigenvalue weighted by Gasteiger charge is 2.35. The molecule has 0 unspecified atom stereocenters. The van der Waals surface area contributed by atoms with E-state index < -0.39 is 6.04 Å². The molecule has 1 saturated heterocycles. The van der Waals surface area contributed by atoms with Crippen molar-refractivity contribution >= 4 is 10.9 Å². The van der Waals surface area contributed by atoms with Crippen molar-refractivity contribution in [1.29, 1.82) is 0 Å². The van der Waals surface area contributed by atoms with Crippen LogP contribution in [0.15, 0.2) is 53.3 Å². The van der Waals surface area contributed by atoms with Gasteiger partial charge in [-0.2, -0.15) is 0 Å². The fourth-order valence-electron chi connectivity index (χ4n) is 6.11. The Bertz CT molecular complexity index is 1470. The number of pyridine rings is 1. The standard InChI is InChI=1S/C30H36N6O3/c1-20-9-14-27-22(16-20)17-26(30(37)31-27)28(29-32-33-34-36(29)23-6-3-4-7-23)35(19-25-8-5-15-39-25)18-21-10-12-24(38-2)13-11-21/h9-14,16-17,23,25,28H,3-8,15,18-19H2,1-2H3,(H,31,37)/t25-,28+/m1/s1. The van der Waals surface area contributed by atoms with E-state index in [1.807, 2.05) is 35.0 Å². The molecule has 1 saturated carbocycles. The first kappa shape index (κ1) is 25.7. The summed E-state index contributed by atoms with van der Waals surface area (Å²) in [4.78, 5) is 19.2. The van der Waals surface area contributed by atoms with Crippen molar-refractivity contribution in [1.82, 2.24) is 30.1 Å². The van der Waals surface area contributed by atoms with Crippen molar-refractivity contribution in [3.63, 3.8) is 0 Å². The molecule has 9 nitrogen and oxygen atoms in total. The third-order valence-electron chi connectivity index (χ3n) is 8.13. The van der Waals surface area contributed by atoms with E-state index in [4.69, 9.17) is 9.47 Å². The number of hydrogen-bond acceptors (Lipinski definition) is 7. The molecule has 1 aliphatic carbocycles. The number of hydrogen-bond donors (Lipinski definition) is 1. The number of fused-ring (bicyclic) bond motifs is 1. The minimum absolute atomic E-state index is 0.0864. The second kappa shape index (κ2) is 11.3. The topological polar surface area (TPSA) is 98.2 Å². The Morgan fingerprint density at radius 2 is 1.92 bits per heavy atom. The Balaban J connectivity index is 1.49. The molecule has 1 aliphatic heterocycles. The summed E-state index contributed by atoms with van der Waals surface area (Å²) in [6.45, 7) is 4.11. The number of nitrogens with zero attached hydrogens (tertiary/aromatic N) is 5. The van der Waals surface area contributed by atoms with E-state index in [0.29, 0.717) is 24.5 Å². The highest BCUT2D eigenvalue weighted by atomic mass is 16.5. The Hall–Kier alpha value is -3.56. The van der Waals surface area contributed by atoms with Crippen LogP contribution in [-0.2, 0) is 11.3 Å². The second-order valence-corrected chi connectivity index (χ2v) is 10.9. The Morgan fingerprint density at radius 3 is 2.67 bits per heavy atom. The maximum absolute atomic E-state index is 13.8. The maximum Gasteiger partial charge on any atom is 0.253 e. The Labute approximate surface area is 228 Å². The van der Waals surface area contributed by atoms with Gasteiger partial charge < -0.3 is 14.5 Å². The molecule has 0 bridgehead atoms. The summed E-state index contributed by atoms with van der Waals surface area (Å²) in [5.41, 5.74) is 3.61. The molecule has 0 radical (unpaired) electrons. The van der Waals surface area contributed by atoms with Crippen LogP contribution in [0.1, 0.15) is 73.1 Å². The molecule has 3 heterocycles. The van der Waals surface area contributed by atoms with E-state index in [1.165, 1.54) is 0 Å². The molecule has 4 aromatic rings. The predicted octanol–water partition coefficient (Wildman–Crippen LogP) is 4.72. The highest BCUT2D eigenvalue weighted by Crippen LogP contribution is 2.35. The van der Waals surface area contributed by atoms with E-state index in [-0.39, 0.29) is 17.7 Å². The minimum atomic E-state index is -0.444. The summed E-state index contributed by atoms with van der Waals surface area (Å²) < 4.78 is 13.5. The average Bonchev–Trinajstić information content (AvgIpc) is 3.73. The fraction of sp³-hybridized carbons (Fsp3) is 0.467. The fourth-order valence-corrected chi connectivity index (χ4v) is 6.11. The first-order valence-corrected chi connectivity index (χ1v) is 14.0. The van der Waals surface area contributed by atoms with Crippen LogP contribution in [-0.4, -0.2) is 56.5 Å². The molecule has 6 rings (SSSR count). The van der Waals surface area contributed by atoms with Gasteiger partial charge in [-0.3, -0.25) is 9.69 Å². The Kier molecular flexibility index (Phi) is 7.43. The van der Waals surface area contributed by atoms with E-state index in [1.54, 1.807) is 7.11 Å². The van der Waals surface area contributed by atoms with Crippen LogP contribution in [0, 0.1) is 6.92 Å². The summed E-state index contributed by atoms with van der Waals surface area (Å²) in [6, 6.07) is 16.0. The number of ether oxygens (including phenoxy) is 2. The van der Waals surface area contributed by atoms with Gasteiger partial charge in [0.15, 0.2) is 5.82 Å². The van der Waals surface area contributed by atoms with Crippen LogP contribution in [0.25, 0.3) is 10.9 Å². The SMILES string of the molecule is COc1ccc(CN(C[C@H]2CCCO2)[C@@H](c2cc3cc(C)ccc3[nH]c2=O)c2nnnn2C2CCCC2)cc1. The zero-order chi connectivity index (χ0) is 26.8. The van der Waals surface area contributed by atoms with E-state index in [9.17, 15) is 4.79 Å². The monoisotopic (exact) mass is 528 g/mol. The third kappa shape index (κ3) is 5.46. The van der Waals surface area contributed by atoms with Crippen molar-refractivity contribution in [3.8, 4) is 5.75 Å². The number of methoxy groups -OCH3 is 1. The van der Waals surface area contributed by atoms with Gasteiger partial charge in [-0.1, -0.05) is 36.6 Å². The molecule has 0 spiro atoms. The van der Waals surface area contributed by atoms with Crippen molar-refractivity contribution in [2.24, 2.45) is 0 Å². The summed E-state index contributed by atoms with van der Waals surface area (Å²) in [7, 11) is 1.67. The molecule has 39 heavy (non-hydrogen) atoms. The molecule has 2 aromatic heterocycles. The van der Waals surface area contributed by atoms with Gasteiger partial charge in [-0.05, 0) is 84.3 Å². The van der Waals surface area contributed by atoms with Crippen LogP contribution in [0.2, 0.25) is 0 Å². The number of benzene rings is 2. The summed E-state index contributed by atoms with van der Waals surface area (Å²) >= 11 is 0. The smallest absolute Gasteiger partial charge is 0.253 e. The zero-order valence-corrected chi connectivity index (χ0v) is 22.7. The zero-order valence-electron chi connectivity index (χ0n) is 22.7. The highest BCUT2D eigenvalue weighted by molar-refractivity contribution is 5.79. The van der Waals surface area contributed by atoms with Crippen molar-refractivity contribution < 1.29 is 9.47 Å². The number of rotatable bonds is 9. The molecular formula is C30H36N6O3. The number of aromatic nitrogens is 5. The number of tetrazole rings is 1. The molecule has 204 valence electrons. The van der Waals surface area contributed by atoms with E-state index >= 15 is 0 Å². The van der Waals surface area contributed by atoms with Crippen LogP contribution in [0.4, 0.5) is 0 Å². The van der Waals surface area contributed by atoms with Crippen LogP contribution < -0.4 is 10.3 Å². The molecular weight excluding hydrogens is 492 g/mol. The molecule has 2 atom stereocenters. The number of aryl methyl sites for hydroxylation is 1. The Morgan fingerprint density at radius 1 is 1.10 bits per heavy atom. The van der Waals surface area contributed by atoms with Crippen molar-refractivity contribution in [2.75, 3.05) is 20.3 Å². The molecule has 2 aliphatic rings. The van der Waals surface area contributed by atoms with Gasteiger partial charge in [0.1, 0.15) is 11.8 Å². The van der Waals surface area contributed by atoms with Gasteiger partial charge in [0.25, 0.3) is 5.56 Å². The van der Waals surface area contributed by atoms with Gasteiger partial charge in [-0.25, -0.2) is 4.68 Å². The van der Waals surface area contributed by atoms with Gasteiger partial charge >= 0.3 is 0 Å². The lowest BCUT2D eigenvalue weighted by Gasteiger charge is -2.33. The predicted molar refractivity (Wildman–Crippen MR) is 149 cm³/mol. The molecule has 2 fully saturated rings. The minimum Gasteiger partial charge on any atom is -0.497 e. The van der Waals surface area contributed by atoms with Gasteiger partial charge in [0.2, 0.25) is 0 Å².